The predicted molar refractivity (Wildman–Crippen MR) is 92.3 cm³/mol. The van der Waals surface area contributed by atoms with Gasteiger partial charge in [0.15, 0.2) is 5.96 Å². The molecule has 1 heterocycles. The third-order valence-electron chi connectivity index (χ3n) is 4.15. The minimum atomic E-state index is -0.0262. The lowest BCUT2D eigenvalue weighted by Crippen LogP contribution is -2.51. The summed E-state index contributed by atoms with van der Waals surface area (Å²) in [5, 5.41) is 6.73. The molecule has 0 radical (unpaired) electrons. The Kier molecular flexibility index (Phi) is 7.85. The summed E-state index contributed by atoms with van der Waals surface area (Å²) in [4.78, 5) is 30.9. The van der Waals surface area contributed by atoms with E-state index >= 15 is 0 Å². The zero-order valence-electron chi connectivity index (χ0n) is 15.1. The highest BCUT2D eigenvalue weighted by atomic mass is 16.2. The standard InChI is InChI=1S/C16H31N5O2/c1-6-12(2)18-16(17-11-15(23)20(4)5)19-14-7-9-21(10-8-14)13(3)22/h12,14H,6-11H2,1-5H3,(H2,17,18,19). The van der Waals surface area contributed by atoms with E-state index in [4.69, 9.17) is 0 Å². The van der Waals surface area contributed by atoms with Gasteiger partial charge in [0, 0.05) is 46.2 Å². The number of amides is 2. The third kappa shape index (κ3) is 6.88. The van der Waals surface area contributed by atoms with E-state index in [1.54, 1.807) is 21.0 Å². The van der Waals surface area contributed by atoms with Crippen LogP contribution in [0.15, 0.2) is 4.99 Å². The molecule has 1 unspecified atom stereocenters. The highest BCUT2D eigenvalue weighted by molar-refractivity contribution is 5.85. The van der Waals surface area contributed by atoms with Gasteiger partial charge in [-0.15, -0.1) is 0 Å². The summed E-state index contributed by atoms with van der Waals surface area (Å²) in [5.41, 5.74) is 0. The van der Waals surface area contributed by atoms with E-state index in [1.165, 1.54) is 4.90 Å². The van der Waals surface area contributed by atoms with Crippen LogP contribution in [0.3, 0.4) is 0 Å². The summed E-state index contributed by atoms with van der Waals surface area (Å²) in [6.45, 7) is 7.46. The quantitative estimate of drug-likeness (QED) is 0.567. The third-order valence-corrected chi connectivity index (χ3v) is 4.15. The number of hydrogen-bond donors (Lipinski definition) is 2. The molecular formula is C16H31N5O2. The Hall–Kier alpha value is -1.79. The normalized spacial score (nSPS) is 17.6. The van der Waals surface area contributed by atoms with Gasteiger partial charge in [-0.3, -0.25) is 9.59 Å². The molecule has 2 N–H and O–H groups in total. The number of hydrogen-bond acceptors (Lipinski definition) is 3. The van der Waals surface area contributed by atoms with Gasteiger partial charge in [0.1, 0.15) is 6.54 Å². The number of nitrogens with one attached hydrogen (secondary N) is 2. The first-order chi connectivity index (χ1) is 10.8. The second-order valence-electron chi connectivity index (χ2n) is 6.33. The summed E-state index contributed by atoms with van der Waals surface area (Å²) in [6.07, 6.45) is 2.76. The molecule has 132 valence electrons. The van der Waals surface area contributed by atoms with Crippen LogP contribution in [0.25, 0.3) is 0 Å². The lowest BCUT2D eigenvalue weighted by molar-refractivity contribution is -0.130. The van der Waals surface area contributed by atoms with E-state index in [1.807, 2.05) is 4.90 Å². The molecule has 0 saturated carbocycles. The van der Waals surface area contributed by atoms with Crippen molar-refractivity contribution in [3.63, 3.8) is 0 Å². The first-order valence-electron chi connectivity index (χ1n) is 8.36. The van der Waals surface area contributed by atoms with Gasteiger partial charge >= 0.3 is 0 Å². The molecule has 0 spiro atoms. The van der Waals surface area contributed by atoms with E-state index in [2.05, 4.69) is 29.5 Å². The molecule has 0 aromatic heterocycles. The molecule has 7 nitrogen and oxygen atoms in total. The minimum Gasteiger partial charge on any atom is -0.354 e. The highest BCUT2D eigenvalue weighted by Gasteiger charge is 2.21. The Morgan fingerprint density at radius 2 is 1.91 bits per heavy atom. The van der Waals surface area contributed by atoms with E-state index in [0.29, 0.717) is 5.96 Å². The number of carbonyl (C=O) groups is 2. The largest absolute Gasteiger partial charge is 0.354 e. The summed E-state index contributed by atoms with van der Waals surface area (Å²) in [6, 6.07) is 0.559. The van der Waals surface area contributed by atoms with Crippen molar-refractivity contribution < 1.29 is 9.59 Å². The zero-order valence-corrected chi connectivity index (χ0v) is 15.1. The van der Waals surface area contributed by atoms with E-state index in [9.17, 15) is 9.59 Å². The van der Waals surface area contributed by atoms with Crippen LogP contribution in [0.2, 0.25) is 0 Å². The smallest absolute Gasteiger partial charge is 0.243 e. The number of guanidine groups is 1. The fraction of sp³-hybridized carbons (Fsp3) is 0.812. The lowest BCUT2D eigenvalue weighted by Gasteiger charge is -2.33. The van der Waals surface area contributed by atoms with Crippen LogP contribution < -0.4 is 10.6 Å². The lowest BCUT2D eigenvalue weighted by atomic mass is 10.1. The monoisotopic (exact) mass is 325 g/mol. The predicted octanol–water partition coefficient (Wildman–Crippen LogP) is 0.419. The van der Waals surface area contributed by atoms with Crippen molar-refractivity contribution in [2.24, 2.45) is 4.99 Å². The van der Waals surface area contributed by atoms with Crippen molar-refractivity contribution in [2.45, 2.75) is 52.1 Å². The van der Waals surface area contributed by atoms with Crippen LogP contribution in [0.1, 0.15) is 40.0 Å². The van der Waals surface area contributed by atoms with Crippen molar-refractivity contribution in [3.8, 4) is 0 Å². The molecule has 0 aromatic rings. The van der Waals surface area contributed by atoms with Crippen LogP contribution in [-0.2, 0) is 9.59 Å². The second-order valence-corrected chi connectivity index (χ2v) is 6.33. The van der Waals surface area contributed by atoms with E-state index in [0.717, 1.165) is 32.4 Å². The Labute approximate surface area is 139 Å². The van der Waals surface area contributed by atoms with Crippen LogP contribution >= 0.6 is 0 Å². The average molecular weight is 325 g/mol. The fourth-order valence-electron chi connectivity index (χ4n) is 2.29. The molecule has 0 aliphatic carbocycles. The molecule has 1 rings (SSSR count). The first kappa shape index (κ1) is 19.3. The topological polar surface area (TPSA) is 77.0 Å². The molecule has 2 amide bonds. The molecule has 1 aliphatic rings. The molecule has 0 bridgehead atoms. The Morgan fingerprint density at radius 3 is 2.39 bits per heavy atom. The Bertz CT molecular complexity index is 428. The fourth-order valence-corrected chi connectivity index (χ4v) is 2.29. The van der Waals surface area contributed by atoms with Gasteiger partial charge in [-0.25, -0.2) is 4.99 Å². The van der Waals surface area contributed by atoms with Crippen molar-refractivity contribution in [2.75, 3.05) is 33.7 Å². The summed E-state index contributed by atoms with van der Waals surface area (Å²) < 4.78 is 0. The minimum absolute atomic E-state index is 0.0262. The van der Waals surface area contributed by atoms with Crippen molar-refractivity contribution in [1.29, 1.82) is 0 Å². The molecule has 1 atom stereocenters. The number of piperidine rings is 1. The maximum absolute atomic E-state index is 11.7. The van der Waals surface area contributed by atoms with Crippen LogP contribution in [0.5, 0.6) is 0 Å². The molecule has 1 fully saturated rings. The van der Waals surface area contributed by atoms with Crippen molar-refractivity contribution in [1.82, 2.24) is 20.4 Å². The van der Waals surface area contributed by atoms with Gasteiger partial charge in [-0.05, 0) is 26.2 Å². The van der Waals surface area contributed by atoms with Gasteiger partial charge in [0.05, 0.1) is 0 Å². The maximum atomic E-state index is 11.7. The number of nitrogens with zero attached hydrogens (tertiary/aromatic N) is 3. The number of likely N-dealkylation sites (N-methyl/N-ethyl adjacent to an activating group) is 1. The number of rotatable bonds is 5. The van der Waals surface area contributed by atoms with E-state index in [-0.39, 0.29) is 30.4 Å². The van der Waals surface area contributed by atoms with Gasteiger partial charge in [0.25, 0.3) is 0 Å². The maximum Gasteiger partial charge on any atom is 0.243 e. The number of aliphatic imine (C=N–C) groups is 1. The average Bonchev–Trinajstić information content (AvgIpc) is 2.52. The van der Waals surface area contributed by atoms with Crippen LogP contribution in [0.4, 0.5) is 0 Å². The van der Waals surface area contributed by atoms with Crippen LogP contribution in [0, 0.1) is 0 Å². The molecular weight excluding hydrogens is 294 g/mol. The summed E-state index contributed by atoms with van der Waals surface area (Å²) in [5.74, 6) is 0.782. The Balaban J connectivity index is 2.61. The van der Waals surface area contributed by atoms with Gasteiger partial charge in [-0.2, -0.15) is 0 Å². The summed E-state index contributed by atoms with van der Waals surface area (Å²) in [7, 11) is 3.45. The number of likely N-dealkylation sites (tertiary alicyclic amines) is 1. The zero-order chi connectivity index (χ0) is 17.4. The van der Waals surface area contributed by atoms with Gasteiger partial charge in [-0.1, -0.05) is 6.92 Å². The molecule has 7 heteroatoms. The molecule has 0 aromatic carbocycles. The second kappa shape index (κ2) is 9.37. The van der Waals surface area contributed by atoms with Crippen molar-refractivity contribution in [3.05, 3.63) is 0 Å². The van der Waals surface area contributed by atoms with Crippen LogP contribution in [-0.4, -0.2) is 73.4 Å². The SMILES string of the molecule is CCC(C)NC(=NCC(=O)N(C)C)NC1CCN(C(C)=O)CC1. The molecule has 23 heavy (non-hydrogen) atoms. The van der Waals surface area contributed by atoms with Crippen molar-refractivity contribution >= 4 is 17.8 Å². The van der Waals surface area contributed by atoms with Gasteiger partial charge < -0.3 is 20.4 Å². The first-order valence-corrected chi connectivity index (χ1v) is 8.36. The van der Waals surface area contributed by atoms with Gasteiger partial charge in [0.2, 0.25) is 11.8 Å². The number of carbonyl (C=O) groups excluding carboxylic acids is 2. The highest BCUT2D eigenvalue weighted by Crippen LogP contribution is 2.10. The molecule has 1 aliphatic heterocycles. The Morgan fingerprint density at radius 1 is 1.30 bits per heavy atom. The molecule has 1 saturated heterocycles. The summed E-state index contributed by atoms with van der Waals surface area (Å²) >= 11 is 0. The van der Waals surface area contributed by atoms with E-state index < -0.39 is 0 Å².